The number of fused-ring (bicyclic) bond motifs is 1. The second-order valence-corrected chi connectivity index (χ2v) is 5.80. The summed E-state index contributed by atoms with van der Waals surface area (Å²) >= 11 is 0. The molecule has 24 heavy (non-hydrogen) atoms. The number of guanidine groups is 1. The number of nitrogens with one attached hydrogen (secondary N) is 2. The van der Waals surface area contributed by atoms with Crippen LogP contribution in [0.5, 0.6) is 17.2 Å². The fourth-order valence-electron chi connectivity index (χ4n) is 1.99. The van der Waals surface area contributed by atoms with Gasteiger partial charge in [0.2, 0.25) is 6.79 Å². The number of benzene rings is 1. The zero-order valence-corrected chi connectivity index (χ0v) is 17.1. The molecular weight excluding hydrogens is 421 g/mol. The minimum absolute atomic E-state index is 0. The van der Waals surface area contributed by atoms with Crippen molar-refractivity contribution < 1.29 is 14.2 Å². The molecule has 0 amide bonds. The Hall–Kier alpha value is -1.38. The van der Waals surface area contributed by atoms with Crippen LogP contribution in [0.25, 0.3) is 0 Å². The Morgan fingerprint density at radius 3 is 2.71 bits per heavy atom. The maximum absolute atomic E-state index is 5.71. The average molecular weight is 449 g/mol. The predicted molar refractivity (Wildman–Crippen MR) is 107 cm³/mol. The topological polar surface area (TPSA) is 64.1 Å². The lowest BCUT2D eigenvalue weighted by molar-refractivity contribution is 0.174. The minimum atomic E-state index is 0. The van der Waals surface area contributed by atoms with Crippen LogP contribution in [0.3, 0.4) is 0 Å². The summed E-state index contributed by atoms with van der Waals surface area (Å²) in [4.78, 5) is 4.54. The predicted octanol–water partition coefficient (Wildman–Crippen LogP) is 3.01. The van der Waals surface area contributed by atoms with Crippen LogP contribution in [0.15, 0.2) is 23.2 Å². The average Bonchev–Trinajstić information content (AvgIpc) is 2.99. The van der Waals surface area contributed by atoms with E-state index in [-0.39, 0.29) is 30.8 Å². The molecular formula is C17H28IN3O3. The molecule has 0 aliphatic carbocycles. The summed E-state index contributed by atoms with van der Waals surface area (Å²) in [6, 6.07) is 5.94. The first-order chi connectivity index (χ1) is 11.1. The Bertz CT molecular complexity index is 538. The van der Waals surface area contributed by atoms with Gasteiger partial charge in [-0.05, 0) is 31.9 Å². The molecule has 0 bridgehead atoms. The zero-order valence-electron chi connectivity index (χ0n) is 14.8. The summed E-state index contributed by atoms with van der Waals surface area (Å²) in [7, 11) is 0. The first-order valence-electron chi connectivity index (χ1n) is 8.17. The van der Waals surface area contributed by atoms with Gasteiger partial charge in [-0.15, -0.1) is 24.0 Å². The van der Waals surface area contributed by atoms with E-state index in [1.54, 1.807) is 0 Å². The van der Waals surface area contributed by atoms with Crippen molar-refractivity contribution in [3.63, 3.8) is 0 Å². The normalized spacial score (nSPS) is 14.1. The first-order valence-corrected chi connectivity index (χ1v) is 8.17. The third-order valence-corrected chi connectivity index (χ3v) is 3.68. The number of ether oxygens (including phenoxy) is 3. The third-order valence-electron chi connectivity index (χ3n) is 3.68. The van der Waals surface area contributed by atoms with Crippen LogP contribution in [-0.2, 0) is 0 Å². The van der Waals surface area contributed by atoms with Gasteiger partial charge < -0.3 is 24.8 Å². The molecule has 1 aliphatic rings. The molecule has 1 unspecified atom stereocenters. The second kappa shape index (κ2) is 10.5. The van der Waals surface area contributed by atoms with Gasteiger partial charge in [0.1, 0.15) is 12.4 Å². The van der Waals surface area contributed by atoms with Crippen LogP contribution in [0.2, 0.25) is 0 Å². The van der Waals surface area contributed by atoms with Crippen molar-refractivity contribution in [2.45, 2.75) is 33.7 Å². The Labute approximate surface area is 161 Å². The smallest absolute Gasteiger partial charge is 0.231 e. The maximum atomic E-state index is 5.71. The second-order valence-electron chi connectivity index (χ2n) is 5.80. The van der Waals surface area contributed by atoms with Gasteiger partial charge >= 0.3 is 0 Å². The Kier molecular flexibility index (Phi) is 9.02. The SMILES string of the molecule is CCNC(=NCCOc1ccc2c(c1)OCO2)NC(C)C(C)C.I. The van der Waals surface area contributed by atoms with E-state index in [4.69, 9.17) is 14.2 Å². The first kappa shape index (κ1) is 20.7. The summed E-state index contributed by atoms with van der Waals surface area (Å²) < 4.78 is 16.3. The number of aliphatic imine (C=N–C) groups is 1. The Morgan fingerprint density at radius 1 is 1.25 bits per heavy atom. The third kappa shape index (κ3) is 6.26. The highest BCUT2D eigenvalue weighted by Crippen LogP contribution is 2.34. The standard InChI is InChI=1S/C17H27N3O3.HI/c1-5-18-17(20-13(4)12(2)3)19-8-9-21-14-6-7-15-16(10-14)23-11-22-15;/h6-7,10,12-13H,5,8-9,11H2,1-4H3,(H2,18,19,20);1H. The van der Waals surface area contributed by atoms with E-state index >= 15 is 0 Å². The van der Waals surface area contributed by atoms with E-state index in [2.05, 4.69) is 43.3 Å². The fourth-order valence-corrected chi connectivity index (χ4v) is 1.99. The van der Waals surface area contributed by atoms with Gasteiger partial charge in [-0.25, -0.2) is 4.99 Å². The van der Waals surface area contributed by atoms with E-state index in [0.717, 1.165) is 29.8 Å². The molecule has 0 radical (unpaired) electrons. The molecule has 1 heterocycles. The van der Waals surface area contributed by atoms with Gasteiger partial charge in [0.25, 0.3) is 0 Å². The van der Waals surface area contributed by atoms with Gasteiger partial charge in [-0.3, -0.25) is 0 Å². The van der Waals surface area contributed by atoms with Crippen molar-refractivity contribution >= 4 is 29.9 Å². The van der Waals surface area contributed by atoms with E-state index in [0.29, 0.717) is 25.1 Å². The summed E-state index contributed by atoms with van der Waals surface area (Å²) in [6.45, 7) is 10.8. The number of halogens is 1. The summed E-state index contributed by atoms with van der Waals surface area (Å²) in [5.41, 5.74) is 0. The molecule has 136 valence electrons. The van der Waals surface area contributed by atoms with Crippen LogP contribution < -0.4 is 24.8 Å². The molecule has 2 N–H and O–H groups in total. The lowest BCUT2D eigenvalue weighted by Gasteiger charge is -2.20. The van der Waals surface area contributed by atoms with E-state index < -0.39 is 0 Å². The summed E-state index contributed by atoms with van der Waals surface area (Å²) in [5.74, 6) is 3.62. The highest BCUT2D eigenvalue weighted by molar-refractivity contribution is 14.0. The van der Waals surface area contributed by atoms with Crippen LogP contribution in [0.1, 0.15) is 27.7 Å². The summed E-state index contributed by atoms with van der Waals surface area (Å²) in [5, 5.41) is 6.64. The zero-order chi connectivity index (χ0) is 16.7. The minimum Gasteiger partial charge on any atom is -0.492 e. The fraction of sp³-hybridized carbons (Fsp3) is 0.588. The van der Waals surface area contributed by atoms with Crippen molar-refractivity contribution in [3.05, 3.63) is 18.2 Å². The Morgan fingerprint density at radius 2 is 2.00 bits per heavy atom. The largest absolute Gasteiger partial charge is 0.492 e. The van der Waals surface area contributed by atoms with Crippen LogP contribution in [0, 0.1) is 5.92 Å². The lowest BCUT2D eigenvalue weighted by Crippen LogP contribution is -2.44. The molecule has 0 aromatic heterocycles. The van der Waals surface area contributed by atoms with Crippen molar-refractivity contribution in [1.82, 2.24) is 10.6 Å². The highest BCUT2D eigenvalue weighted by atomic mass is 127. The van der Waals surface area contributed by atoms with E-state index in [1.807, 2.05) is 18.2 Å². The number of nitrogens with zero attached hydrogens (tertiary/aromatic N) is 1. The van der Waals surface area contributed by atoms with Gasteiger partial charge in [0, 0.05) is 18.7 Å². The molecule has 1 aliphatic heterocycles. The van der Waals surface area contributed by atoms with Crippen molar-refractivity contribution in [3.8, 4) is 17.2 Å². The maximum Gasteiger partial charge on any atom is 0.231 e. The molecule has 7 heteroatoms. The number of hydrogen-bond donors (Lipinski definition) is 2. The van der Waals surface area contributed by atoms with Crippen LogP contribution >= 0.6 is 24.0 Å². The van der Waals surface area contributed by atoms with Crippen LogP contribution in [0.4, 0.5) is 0 Å². The number of rotatable bonds is 7. The Balaban J connectivity index is 0.00000288. The molecule has 1 atom stereocenters. The molecule has 0 saturated carbocycles. The molecule has 0 spiro atoms. The van der Waals surface area contributed by atoms with Crippen molar-refractivity contribution in [1.29, 1.82) is 0 Å². The molecule has 2 rings (SSSR count). The number of hydrogen-bond acceptors (Lipinski definition) is 4. The highest BCUT2D eigenvalue weighted by Gasteiger charge is 2.13. The monoisotopic (exact) mass is 449 g/mol. The van der Waals surface area contributed by atoms with Gasteiger partial charge in [-0.2, -0.15) is 0 Å². The van der Waals surface area contributed by atoms with Gasteiger partial charge in [-0.1, -0.05) is 13.8 Å². The quantitative estimate of drug-likeness (QED) is 0.290. The van der Waals surface area contributed by atoms with Gasteiger partial charge in [0.05, 0.1) is 6.54 Å². The molecule has 6 nitrogen and oxygen atoms in total. The van der Waals surface area contributed by atoms with E-state index in [1.165, 1.54) is 0 Å². The summed E-state index contributed by atoms with van der Waals surface area (Å²) in [6.07, 6.45) is 0. The van der Waals surface area contributed by atoms with Gasteiger partial charge in [0.15, 0.2) is 17.5 Å². The lowest BCUT2D eigenvalue weighted by atomic mass is 10.1. The molecule has 0 saturated heterocycles. The van der Waals surface area contributed by atoms with Crippen LogP contribution in [-0.4, -0.2) is 38.5 Å². The van der Waals surface area contributed by atoms with Crippen molar-refractivity contribution in [2.75, 3.05) is 26.5 Å². The molecule has 1 aromatic carbocycles. The van der Waals surface area contributed by atoms with Crippen molar-refractivity contribution in [2.24, 2.45) is 10.9 Å². The molecule has 1 aromatic rings. The molecule has 0 fully saturated rings. The van der Waals surface area contributed by atoms with E-state index in [9.17, 15) is 0 Å².